The zero-order valence-electron chi connectivity index (χ0n) is 13.1. The summed E-state index contributed by atoms with van der Waals surface area (Å²) in [6.07, 6.45) is -0.961. The van der Waals surface area contributed by atoms with E-state index in [1.807, 2.05) is 0 Å². The van der Waals surface area contributed by atoms with E-state index in [0.29, 0.717) is 18.4 Å². The zero-order valence-corrected chi connectivity index (χ0v) is 13.9. The van der Waals surface area contributed by atoms with E-state index in [1.54, 1.807) is 14.0 Å². The molecular formula is C16H23ClN2O3. The van der Waals surface area contributed by atoms with Crippen molar-refractivity contribution < 1.29 is 14.6 Å². The van der Waals surface area contributed by atoms with E-state index in [0.717, 1.165) is 29.8 Å². The number of fused-ring (bicyclic) bond motifs is 3. The molecule has 1 fully saturated rings. The first-order valence-electron chi connectivity index (χ1n) is 7.54. The van der Waals surface area contributed by atoms with E-state index in [1.165, 1.54) is 11.1 Å². The smallest absolute Gasteiger partial charge is 0.404 e. The fourth-order valence-corrected chi connectivity index (χ4v) is 3.65. The van der Waals surface area contributed by atoms with Gasteiger partial charge in [0.1, 0.15) is 5.75 Å². The van der Waals surface area contributed by atoms with Crippen LogP contribution in [0.2, 0.25) is 5.02 Å². The normalized spacial score (nSPS) is 24.8. The summed E-state index contributed by atoms with van der Waals surface area (Å²) in [6, 6.07) is 4.23. The van der Waals surface area contributed by atoms with Crippen LogP contribution in [0.4, 0.5) is 4.79 Å². The van der Waals surface area contributed by atoms with E-state index >= 15 is 0 Å². The van der Waals surface area contributed by atoms with Gasteiger partial charge in [-0.3, -0.25) is 0 Å². The third-order valence-electron chi connectivity index (χ3n) is 4.48. The van der Waals surface area contributed by atoms with E-state index in [9.17, 15) is 4.79 Å². The Morgan fingerprint density at radius 2 is 2.18 bits per heavy atom. The summed E-state index contributed by atoms with van der Waals surface area (Å²) in [5, 5.41) is 14.1. The first kappa shape index (κ1) is 16.9. The molecule has 0 saturated carbocycles. The monoisotopic (exact) mass is 326 g/mol. The number of hydrogen-bond donors (Lipinski definition) is 3. The SMILES string of the molecule is CCNC(=O)O.COc1cc2c(cc1Cl)C(C)C1CNCC21. The van der Waals surface area contributed by atoms with Crippen molar-refractivity contribution in [2.75, 3.05) is 26.7 Å². The second kappa shape index (κ2) is 7.20. The van der Waals surface area contributed by atoms with Gasteiger partial charge in [-0.1, -0.05) is 18.5 Å². The molecule has 1 aliphatic heterocycles. The Balaban J connectivity index is 0.000000254. The molecule has 1 amide bonds. The van der Waals surface area contributed by atoms with Gasteiger partial charge in [-0.2, -0.15) is 0 Å². The van der Waals surface area contributed by atoms with Gasteiger partial charge in [0.05, 0.1) is 12.1 Å². The maximum absolute atomic E-state index is 9.49. The van der Waals surface area contributed by atoms with Gasteiger partial charge in [0.2, 0.25) is 0 Å². The predicted molar refractivity (Wildman–Crippen MR) is 87.2 cm³/mol. The molecule has 122 valence electrons. The van der Waals surface area contributed by atoms with Crippen molar-refractivity contribution in [3.05, 3.63) is 28.3 Å². The van der Waals surface area contributed by atoms with Gasteiger partial charge in [-0.25, -0.2) is 4.79 Å². The van der Waals surface area contributed by atoms with E-state index < -0.39 is 6.09 Å². The van der Waals surface area contributed by atoms with E-state index in [-0.39, 0.29) is 0 Å². The molecule has 1 aromatic carbocycles. The summed E-state index contributed by atoms with van der Waals surface area (Å²) in [6.45, 7) is 6.73. The lowest BCUT2D eigenvalue weighted by Gasteiger charge is -2.12. The van der Waals surface area contributed by atoms with Gasteiger partial charge < -0.3 is 20.5 Å². The van der Waals surface area contributed by atoms with Gasteiger partial charge >= 0.3 is 6.09 Å². The molecule has 2 aliphatic rings. The minimum absolute atomic E-state index is 0.481. The summed E-state index contributed by atoms with van der Waals surface area (Å²) < 4.78 is 5.30. The summed E-state index contributed by atoms with van der Waals surface area (Å²) in [5.41, 5.74) is 2.85. The van der Waals surface area contributed by atoms with Crippen LogP contribution in [0.3, 0.4) is 0 Å². The minimum atomic E-state index is -0.961. The highest BCUT2D eigenvalue weighted by molar-refractivity contribution is 6.32. The molecule has 3 atom stereocenters. The van der Waals surface area contributed by atoms with Crippen molar-refractivity contribution in [1.29, 1.82) is 0 Å². The standard InChI is InChI=1S/C13H16ClNO.C3H7NO2/c1-7-8-3-12(14)13(16-2)4-9(8)11-6-15-5-10(7)11;1-2-4-3(5)6/h3-4,7,10-11,15H,5-6H2,1-2H3;4H,2H2,1H3,(H,5,6). The predicted octanol–water partition coefficient (Wildman–Crippen LogP) is 3.04. The van der Waals surface area contributed by atoms with Gasteiger partial charge in [0.25, 0.3) is 0 Å². The lowest BCUT2D eigenvalue weighted by Crippen LogP contribution is -2.19. The van der Waals surface area contributed by atoms with Crippen LogP contribution in [0, 0.1) is 5.92 Å². The molecule has 0 bridgehead atoms. The Hall–Kier alpha value is -1.46. The van der Waals surface area contributed by atoms with Crippen molar-refractivity contribution in [2.24, 2.45) is 5.92 Å². The molecule has 22 heavy (non-hydrogen) atoms. The molecule has 3 rings (SSSR count). The van der Waals surface area contributed by atoms with E-state index in [4.69, 9.17) is 21.4 Å². The second-order valence-electron chi connectivity index (χ2n) is 5.67. The van der Waals surface area contributed by atoms with Crippen molar-refractivity contribution in [3.8, 4) is 5.75 Å². The highest BCUT2D eigenvalue weighted by atomic mass is 35.5. The number of halogens is 1. The van der Waals surface area contributed by atoms with Crippen LogP contribution < -0.4 is 15.4 Å². The van der Waals surface area contributed by atoms with Gasteiger partial charge in [0.15, 0.2) is 0 Å². The Labute approximate surface area is 136 Å². The number of ether oxygens (including phenoxy) is 1. The Kier molecular flexibility index (Phi) is 5.53. The molecule has 1 aromatic rings. The molecule has 0 radical (unpaired) electrons. The molecular weight excluding hydrogens is 304 g/mol. The third kappa shape index (κ3) is 3.31. The van der Waals surface area contributed by atoms with Gasteiger partial charge in [-0.05, 0) is 48.6 Å². The number of methoxy groups -OCH3 is 1. The van der Waals surface area contributed by atoms with Crippen LogP contribution in [-0.2, 0) is 0 Å². The summed E-state index contributed by atoms with van der Waals surface area (Å²) in [7, 11) is 1.68. The Bertz CT molecular complexity index is 550. The molecule has 3 unspecified atom stereocenters. The van der Waals surface area contributed by atoms with Gasteiger partial charge in [-0.15, -0.1) is 0 Å². The quantitative estimate of drug-likeness (QED) is 0.781. The van der Waals surface area contributed by atoms with E-state index in [2.05, 4.69) is 29.7 Å². The van der Waals surface area contributed by atoms with Crippen LogP contribution >= 0.6 is 11.6 Å². The Morgan fingerprint density at radius 1 is 1.45 bits per heavy atom. The molecule has 1 aliphatic carbocycles. The average molecular weight is 327 g/mol. The van der Waals surface area contributed by atoms with Crippen molar-refractivity contribution in [2.45, 2.75) is 25.7 Å². The highest BCUT2D eigenvalue weighted by Crippen LogP contribution is 2.50. The molecule has 0 aromatic heterocycles. The first-order valence-corrected chi connectivity index (χ1v) is 7.92. The molecule has 0 spiro atoms. The fraction of sp³-hybridized carbons (Fsp3) is 0.562. The number of nitrogens with one attached hydrogen (secondary N) is 2. The lowest BCUT2D eigenvalue weighted by atomic mass is 9.91. The topological polar surface area (TPSA) is 70.6 Å². The summed E-state index contributed by atoms with van der Waals surface area (Å²) in [5.74, 6) is 2.80. The average Bonchev–Trinajstić information content (AvgIpc) is 3.03. The number of rotatable bonds is 2. The van der Waals surface area contributed by atoms with Crippen molar-refractivity contribution in [1.82, 2.24) is 10.6 Å². The Morgan fingerprint density at radius 3 is 2.73 bits per heavy atom. The van der Waals surface area contributed by atoms with Crippen molar-refractivity contribution >= 4 is 17.7 Å². The third-order valence-corrected chi connectivity index (χ3v) is 4.77. The maximum atomic E-state index is 9.49. The molecule has 6 heteroatoms. The van der Waals surface area contributed by atoms with Crippen LogP contribution in [0.5, 0.6) is 5.75 Å². The van der Waals surface area contributed by atoms with Crippen LogP contribution in [0.15, 0.2) is 12.1 Å². The maximum Gasteiger partial charge on any atom is 0.404 e. The fourth-order valence-electron chi connectivity index (χ4n) is 3.40. The molecule has 5 nitrogen and oxygen atoms in total. The molecule has 3 N–H and O–H groups in total. The molecule has 1 heterocycles. The number of benzene rings is 1. The van der Waals surface area contributed by atoms with Crippen molar-refractivity contribution in [3.63, 3.8) is 0 Å². The summed E-state index contributed by atoms with van der Waals surface area (Å²) in [4.78, 5) is 9.49. The zero-order chi connectivity index (χ0) is 16.3. The van der Waals surface area contributed by atoms with Crippen LogP contribution in [0.25, 0.3) is 0 Å². The van der Waals surface area contributed by atoms with Gasteiger partial charge in [0, 0.05) is 19.0 Å². The van der Waals surface area contributed by atoms with Crippen LogP contribution in [-0.4, -0.2) is 37.9 Å². The van der Waals surface area contributed by atoms with Crippen LogP contribution in [0.1, 0.15) is 36.8 Å². The number of carbonyl (C=O) groups is 1. The number of hydrogen-bond acceptors (Lipinski definition) is 3. The number of amides is 1. The lowest BCUT2D eigenvalue weighted by molar-refractivity contribution is 0.195. The largest absolute Gasteiger partial charge is 0.495 e. The second-order valence-corrected chi connectivity index (χ2v) is 6.08. The summed E-state index contributed by atoms with van der Waals surface area (Å²) >= 11 is 6.19. The molecule has 1 saturated heterocycles. The first-order chi connectivity index (χ1) is 10.5. The minimum Gasteiger partial charge on any atom is -0.495 e. The highest BCUT2D eigenvalue weighted by Gasteiger charge is 2.41. The number of carboxylic acid groups (broad SMARTS) is 1.